The van der Waals surface area contributed by atoms with Crippen LogP contribution < -0.4 is 0 Å². The van der Waals surface area contributed by atoms with E-state index in [1.165, 1.54) is 32.4 Å². The third-order valence-electron chi connectivity index (χ3n) is 18.0. The largest absolute Gasteiger partial charge is 0.303 e. The minimum Gasteiger partial charge on any atom is -0.303 e. The van der Waals surface area contributed by atoms with Gasteiger partial charge in [0.05, 0.1) is 0 Å². The molecule has 0 radical (unpaired) electrons. The molecule has 1 aliphatic rings. The van der Waals surface area contributed by atoms with Crippen molar-refractivity contribution in [2.24, 2.45) is 51.2 Å². The molecule has 0 spiro atoms. The first-order valence-corrected chi connectivity index (χ1v) is 43.8. The smallest absolute Gasteiger partial charge is 0.181 e. The summed E-state index contributed by atoms with van der Waals surface area (Å²) in [6.07, 6.45) is 18.7. The first-order chi connectivity index (χ1) is 56.2. The number of carbonyl (C=O) groups excluding carboxylic acids is 9. The Hall–Kier alpha value is -9.46. The van der Waals surface area contributed by atoms with Gasteiger partial charge in [0.2, 0.25) is 0 Å². The van der Waals surface area contributed by atoms with Crippen LogP contribution in [0, 0.1) is 99.7 Å². The molecule has 0 atom stereocenters. The fraction of sp³-hybridized carbons (Fsp3) is 0.500. The van der Waals surface area contributed by atoms with Gasteiger partial charge in [0.25, 0.3) is 0 Å². The predicted molar refractivity (Wildman–Crippen MR) is 506 cm³/mol. The summed E-state index contributed by atoms with van der Waals surface area (Å²) in [5, 5.41) is 0. The number of pyridine rings is 3. The summed E-state index contributed by atoms with van der Waals surface area (Å²) in [6, 6.07) is 48.0. The lowest BCUT2D eigenvalue weighted by atomic mass is 9.88. The van der Waals surface area contributed by atoms with Gasteiger partial charge in [-0.2, -0.15) is 0 Å². The molecule has 5 aromatic carbocycles. The van der Waals surface area contributed by atoms with Crippen LogP contribution in [0.5, 0.6) is 0 Å². The molecule has 9 rings (SSSR count). The quantitative estimate of drug-likeness (QED) is 0.0491. The number of piperidine rings is 1. The number of carbonyl (C=O) groups is 9. The molecular weight excluding hydrogens is 1500 g/mol. The van der Waals surface area contributed by atoms with Crippen LogP contribution in [-0.4, -0.2) is 91.5 Å². The van der Waals surface area contributed by atoms with Gasteiger partial charge in [-0.3, -0.25) is 58.1 Å². The number of nitrogens with zero attached hydrogens (tertiary/aromatic N) is 4. The maximum atomic E-state index is 11.8. The summed E-state index contributed by atoms with van der Waals surface area (Å²) in [7, 11) is 0. The summed E-state index contributed by atoms with van der Waals surface area (Å²) in [5.41, 5.74) is 14.4. The Morgan fingerprint density at radius 1 is 0.298 bits per heavy atom. The zero-order valence-electron chi connectivity index (χ0n) is 80.0. The van der Waals surface area contributed by atoms with Gasteiger partial charge in [0.1, 0.15) is 11.5 Å². The summed E-state index contributed by atoms with van der Waals surface area (Å²) in [4.78, 5) is 119. The monoisotopic (exact) mass is 1650 g/mol. The van der Waals surface area contributed by atoms with E-state index in [1.807, 2.05) is 197 Å². The number of rotatable bonds is 25. The molecule has 1 saturated heterocycles. The fourth-order valence-electron chi connectivity index (χ4n) is 12.5. The van der Waals surface area contributed by atoms with E-state index in [0.717, 1.165) is 91.7 Å². The van der Waals surface area contributed by atoms with Crippen LogP contribution in [0.2, 0.25) is 0 Å². The van der Waals surface area contributed by atoms with Gasteiger partial charge in [-0.25, -0.2) is 0 Å². The Balaban J connectivity index is 0.000000681. The van der Waals surface area contributed by atoms with Crippen molar-refractivity contribution in [2.75, 3.05) is 19.6 Å². The highest BCUT2D eigenvalue weighted by Crippen LogP contribution is 2.26. The molecule has 1 aliphatic heterocycles. The summed E-state index contributed by atoms with van der Waals surface area (Å²) in [6.45, 7) is 62.9. The Morgan fingerprint density at radius 2 is 0.620 bits per heavy atom. The molecule has 0 unspecified atom stereocenters. The number of aromatic nitrogens is 3. The maximum Gasteiger partial charge on any atom is 0.181 e. The van der Waals surface area contributed by atoms with E-state index in [1.54, 1.807) is 49.2 Å². The Bertz CT molecular complexity index is 4100. The van der Waals surface area contributed by atoms with Crippen LogP contribution in [0.1, 0.15) is 358 Å². The minimum absolute atomic E-state index is 0.0363. The molecule has 660 valence electrons. The lowest BCUT2D eigenvalue weighted by Crippen LogP contribution is -2.32. The summed E-state index contributed by atoms with van der Waals surface area (Å²) in [5.74, 6) is 4.32. The second-order valence-electron chi connectivity index (χ2n) is 39.6. The third kappa shape index (κ3) is 55.2. The zero-order chi connectivity index (χ0) is 92.0. The lowest BCUT2D eigenvalue weighted by Gasteiger charge is -2.26. The number of hydrogen-bond acceptors (Lipinski definition) is 13. The molecule has 13 nitrogen and oxygen atoms in total. The van der Waals surface area contributed by atoms with Crippen LogP contribution in [0.25, 0.3) is 0 Å². The topological polar surface area (TPSA) is 196 Å². The third-order valence-corrected chi connectivity index (χ3v) is 18.0. The van der Waals surface area contributed by atoms with Gasteiger partial charge >= 0.3 is 0 Å². The number of Topliss-reactive ketones (excluding diaryl/α,β-unsaturated/α-hetero) is 9. The van der Waals surface area contributed by atoms with Gasteiger partial charge < -0.3 is 4.90 Å². The van der Waals surface area contributed by atoms with Crippen LogP contribution in [0.3, 0.4) is 0 Å². The normalized spacial score (nSPS) is 11.9. The van der Waals surface area contributed by atoms with Crippen LogP contribution in [0.15, 0.2) is 183 Å². The van der Waals surface area contributed by atoms with E-state index in [0.29, 0.717) is 98.0 Å². The van der Waals surface area contributed by atoms with Crippen LogP contribution >= 0.6 is 0 Å². The fourth-order valence-corrected chi connectivity index (χ4v) is 12.5. The van der Waals surface area contributed by atoms with E-state index in [9.17, 15) is 43.2 Å². The van der Waals surface area contributed by atoms with Gasteiger partial charge in [0.15, 0.2) is 46.3 Å². The lowest BCUT2D eigenvalue weighted by molar-refractivity contribution is -0.121. The highest BCUT2D eigenvalue weighted by atomic mass is 16.2. The summed E-state index contributed by atoms with van der Waals surface area (Å²) >= 11 is 0. The predicted octanol–water partition coefficient (Wildman–Crippen LogP) is 27.7. The minimum atomic E-state index is 0.0363. The van der Waals surface area contributed by atoms with Gasteiger partial charge in [0, 0.05) is 141 Å². The standard InChI is InChI=1S/C13H25NO.C13H18O.C12H17NO.4C12H16O.2C11H15NO/c1-13(2,3)11-12(15)7-10-14-8-5-4-6-9-14;1-9(2)5-13(14)12-7-10(3)6-11(4)8-12;1-9-5-10(8-13-7-9)11(14)6-12(2,3)4;4*1-9(2)7-12(13)11-6-4-5-10(3)8-11;1-11(2,3)7-10(13)9-5-4-6-12-8-9;1-11(2,3)8-10(13)9-6-4-5-7-12-9/h4-11H2,1-3H3;6-9H,5H2,1-4H3;5,7-8H,6H2,1-4H3;4*4-6,8-9H,7H2,1-3H3;4-6,8H,7H2,1-3H3;4-7H,8H2,1-3H3. The second-order valence-corrected chi connectivity index (χ2v) is 39.6. The van der Waals surface area contributed by atoms with Gasteiger partial charge in [-0.15, -0.1) is 0 Å². The van der Waals surface area contributed by atoms with Crippen molar-refractivity contribution >= 4 is 52.0 Å². The average Bonchev–Trinajstić information content (AvgIpc) is 0.851. The van der Waals surface area contributed by atoms with Crippen molar-refractivity contribution < 1.29 is 43.2 Å². The molecule has 3 aromatic heterocycles. The molecule has 0 saturated carbocycles. The Morgan fingerprint density at radius 3 is 0.934 bits per heavy atom. The molecule has 121 heavy (non-hydrogen) atoms. The van der Waals surface area contributed by atoms with E-state index in [-0.39, 0.29) is 67.9 Å². The van der Waals surface area contributed by atoms with Crippen molar-refractivity contribution in [1.29, 1.82) is 0 Å². The SMILES string of the molecule is CC(C)(C)CC(=O)CCN1CCCCC1.CC(C)(C)CC(=O)c1ccccn1.CC(C)(C)CC(=O)c1cccnc1.Cc1cc(C)cc(C(=O)CC(C)C)c1.Cc1cccc(C(=O)CC(C)C)c1.Cc1cccc(C(=O)CC(C)C)c1.Cc1cccc(C(=O)CC(C)C)c1.Cc1cccc(C(=O)CC(C)C)c1.Cc1cncc(C(=O)CC(C)(C)C)c1. The molecular formula is C108H154N4O9. The first-order valence-electron chi connectivity index (χ1n) is 43.8. The molecule has 0 aliphatic carbocycles. The maximum absolute atomic E-state index is 11.8. The van der Waals surface area contributed by atoms with E-state index in [4.69, 9.17) is 0 Å². The van der Waals surface area contributed by atoms with Crippen LogP contribution in [-0.2, 0) is 4.79 Å². The van der Waals surface area contributed by atoms with Crippen LogP contribution in [0.4, 0.5) is 0 Å². The molecule has 13 heteroatoms. The number of aryl methyl sites for hydroxylation is 7. The number of hydrogen-bond donors (Lipinski definition) is 0. The second kappa shape index (κ2) is 56.3. The van der Waals surface area contributed by atoms with Crippen molar-refractivity contribution in [3.63, 3.8) is 0 Å². The van der Waals surface area contributed by atoms with Gasteiger partial charge in [-0.05, 0) is 198 Å². The molecule has 0 amide bonds. The first kappa shape index (κ1) is 110. The molecule has 0 N–H and O–H groups in total. The van der Waals surface area contributed by atoms with Crippen molar-refractivity contribution in [2.45, 2.75) is 284 Å². The van der Waals surface area contributed by atoms with Crippen molar-refractivity contribution in [3.8, 4) is 0 Å². The Kier molecular flexibility index (Phi) is 50.9. The number of ketones is 9. The summed E-state index contributed by atoms with van der Waals surface area (Å²) < 4.78 is 0. The van der Waals surface area contributed by atoms with Gasteiger partial charge in [-0.1, -0.05) is 277 Å². The Labute approximate surface area is 732 Å². The average molecular weight is 1650 g/mol. The molecule has 0 bridgehead atoms. The molecule has 8 aromatic rings. The van der Waals surface area contributed by atoms with E-state index < -0.39 is 0 Å². The number of likely N-dealkylation sites (tertiary alicyclic amines) is 1. The number of benzene rings is 5. The van der Waals surface area contributed by atoms with Crippen molar-refractivity contribution in [1.82, 2.24) is 19.9 Å². The van der Waals surface area contributed by atoms with E-state index in [2.05, 4.69) is 157 Å². The highest BCUT2D eigenvalue weighted by molar-refractivity contribution is 6.00. The van der Waals surface area contributed by atoms with Crippen molar-refractivity contribution in [3.05, 3.63) is 266 Å². The molecule has 4 heterocycles. The molecule has 1 fully saturated rings. The zero-order valence-corrected chi connectivity index (χ0v) is 80.0. The highest BCUT2D eigenvalue weighted by Gasteiger charge is 2.22. The van der Waals surface area contributed by atoms with E-state index >= 15 is 0 Å².